The van der Waals surface area contributed by atoms with E-state index in [4.69, 9.17) is 4.74 Å². The zero-order valence-corrected chi connectivity index (χ0v) is 19.5. The molecule has 2 heterocycles. The third-order valence-electron chi connectivity index (χ3n) is 4.92. The first-order valence-electron chi connectivity index (χ1n) is 10.9. The number of carbonyl (C=O) groups excluding carboxylic acids is 1. The van der Waals surface area contributed by atoms with Crippen molar-refractivity contribution < 1.29 is 18.3 Å². The van der Waals surface area contributed by atoms with E-state index >= 15 is 0 Å². The highest BCUT2D eigenvalue weighted by atomic mass is 19.1. The van der Waals surface area contributed by atoms with E-state index in [1.54, 1.807) is 37.1 Å². The van der Waals surface area contributed by atoms with Gasteiger partial charge in [0.15, 0.2) is 0 Å². The van der Waals surface area contributed by atoms with Gasteiger partial charge in [-0.1, -0.05) is 6.58 Å². The fourth-order valence-electron chi connectivity index (χ4n) is 3.35. The second kappa shape index (κ2) is 10.6. The summed E-state index contributed by atoms with van der Waals surface area (Å²) in [6.45, 7) is 5.56. The van der Waals surface area contributed by atoms with Gasteiger partial charge in [-0.3, -0.25) is 9.48 Å². The number of hydrogen-bond donors (Lipinski definition) is 3. The van der Waals surface area contributed by atoms with Crippen molar-refractivity contribution >= 4 is 34.7 Å². The minimum Gasteiger partial charge on any atom is -0.494 e. The molecule has 0 fully saturated rings. The quantitative estimate of drug-likeness (QED) is 0.278. The molecule has 0 aliphatic heterocycles. The molecule has 4 rings (SSSR count). The van der Waals surface area contributed by atoms with Gasteiger partial charge in [0, 0.05) is 36.8 Å². The minimum absolute atomic E-state index is 0.0329. The van der Waals surface area contributed by atoms with E-state index in [-0.39, 0.29) is 17.5 Å². The Balaban J connectivity index is 1.77. The molecule has 36 heavy (non-hydrogen) atoms. The second-order valence-electron chi connectivity index (χ2n) is 7.61. The Hall–Kier alpha value is -4.80. The summed E-state index contributed by atoms with van der Waals surface area (Å²) in [5, 5.41) is 12.6. The molecule has 4 aromatic rings. The molecule has 9 nitrogen and oxygen atoms in total. The summed E-state index contributed by atoms with van der Waals surface area (Å²) in [4.78, 5) is 20.5. The first-order chi connectivity index (χ1) is 17.3. The zero-order chi connectivity index (χ0) is 25.7. The molecule has 0 spiro atoms. The van der Waals surface area contributed by atoms with Gasteiger partial charge >= 0.3 is 0 Å². The number of nitrogens with zero attached hydrogens (tertiary/aromatic N) is 4. The Morgan fingerprint density at radius 1 is 1.14 bits per heavy atom. The molecule has 3 N–H and O–H groups in total. The van der Waals surface area contributed by atoms with Crippen LogP contribution >= 0.6 is 0 Å². The number of hydrogen-bond acceptors (Lipinski definition) is 7. The molecule has 2 aromatic carbocycles. The van der Waals surface area contributed by atoms with Crippen LogP contribution in [0.15, 0.2) is 67.6 Å². The zero-order valence-electron chi connectivity index (χ0n) is 19.5. The molecule has 0 saturated heterocycles. The fraction of sp³-hybridized carbons (Fsp3) is 0.120. The van der Waals surface area contributed by atoms with Gasteiger partial charge in [0.25, 0.3) is 0 Å². The van der Waals surface area contributed by atoms with Crippen LogP contribution in [0.1, 0.15) is 6.92 Å². The highest BCUT2D eigenvalue weighted by Crippen LogP contribution is 2.34. The maximum atomic E-state index is 14.7. The number of anilines is 5. The summed E-state index contributed by atoms with van der Waals surface area (Å²) < 4.78 is 36.2. The Labute approximate surface area is 205 Å². The number of nitrogens with one attached hydrogen (secondary N) is 3. The number of aryl methyl sites for hydroxylation is 1. The van der Waals surface area contributed by atoms with Crippen LogP contribution in [0.3, 0.4) is 0 Å². The molecule has 0 saturated carbocycles. The average Bonchev–Trinajstić information content (AvgIpc) is 3.25. The molecule has 184 valence electrons. The maximum absolute atomic E-state index is 14.7. The van der Waals surface area contributed by atoms with Gasteiger partial charge in [-0.05, 0) is 48.9 Å². The number of aromatic nitrogens is 4. The van der Waals surface area contributed by atoms with Crippen molar-refractivity contribution in [2.24, 2.45) is 7.05 Å². The van der Waals surface area contributed by atoms with Gasteiger partial charge < -0.3 is 20.7 Å². The van der Waals surface area contributed by atoms with E-state index in [0.29, 0.717) is 34.9 Å². The van der Waals surface area contributed by atoms with Gasteiger partial charge in [-0.25, -0.2) is 13.8 Å². The first kappa shape index (κ1) is 24.3. The third kappa shape index (κ3) is 5.81. The van der Waals surface area contributed by atoms with Crippen LogP contribution in [0.5, 0.6) is 5.75 Å². The van der Waals surface area contributed by atoms with Gasteiger partial charge in [0.05, 0.1) is 24.2 Å². The molecule has 11 heteroatoms. The highest BCUT2D eigenvalue weighted by molar-refractivity contribution is 5.99. The fourth-order valence-corrected chi connectivity index (χ4v) is 3.35. The predicted octanol–water partition coefficient (Wildman–Crippen LogP) is 5.17. The van der Waals surface area contributed by atoms with E-state index in [1.807, 2.05) is 0 Å². The van der Waals surface area contributed by atoms with Gasteiger partial charge in [-0.2, -0.15) is 10.1 Å². The lowest BCUT2D eigenvalue weighted by Gasteiger charge is -2.15. The van der Waals surface area contributed by atoms with Crippen molar-refractivity contribution in [2.45, 2.75) is 6.92 Å². The summed E-state index contributed by atoms with van der Waals surface area (Å²) >= 11 is 0. The number of halogens is 2. The van der Waals surface area contributed by atoms with Crippen LogP contribution in [-0.2, 0) is 11.8 Å². The molecule has 0 bridgehead atoms. The van der Waals surface area contributed by atoms with Gasteiger partial charge in [0.2, 0.25) is 11.9 Å². The van der Waals surface area contributed by atoms with Crippen LogP contribution in [0.25, 0.3) is 11.1 Å². The normalized spacial score (nSPS) is 10.6. The van der Waals surface area contributed by atoms with E-state index in [9.17, 15) is 13.6 Å². The van der Waals surface area contributed by atoms with Crippen molar-refractivity contribution in [3.8, 4) is 16.9 Å². The van der Waals surface area contributed by atoms with Gasteiger partial charge in [-0.15, -0.1) is 0 Å². The van der Waals surface area contributed by atoms with Crippen molar-refractivity contribution in [1.29, 1.82) is 0 Å². The molecule has 0 aliphatic carbocycles. The molecule has 1 amide bonds. The number of amides is 1. The molecular weight excluding hydrogens is 468 g/mol. The van der Waals surface area contributed by atoms with E-state index in [2.05, 4.69) is 37.6 Å². The number of benzene rings is 2. The monoisotopic (exact) mass is 491 g/mol. The lowest BCUT2D eigenvalue weighted by Crippen LogP contribution is -2.08. The second-order valence-corrected chi connectivity index (χ2v) is 7.61. The topological polar surface area (TPSA) is 106 Å². The minimum atomic E-state index is -0.591. The van der Waals surface area contributed by atoms with Crippen LogP contribution in [0.2, 0.25) is 0 Å². The highest BCUT2D eigenvalue weighted by Gasteiger charge is 2.15. The summed E-state index contributed by atoms with van der Waals surface area (Å²) in [6, 6.07) is 8.24. The summed E-state index contributed by atoms with van der Waals surface area (Å²) in [5.41, 5.74) is 1.83. The van der Waals surface area contributed by atoms with E-state index < -0.39 is 17.5 Å². The SMILES string of the molecule is C=CC(=O)Nc1ccc(F)c(Nc2nc(Nc3cnn(C)c3)ncc2-c2cc(F)cc(OCC)c2)c1. The Morgan fingerprint density at radius 2 is 1.97 bits per heavy atom. The molecule has 0 aliphatic rings. The number of carbonyl (C=O) groups is 1. The molecule has 0 radical (unpaired) electrons. The van der Waals surface area contributed by atoms with Crippen molar-refractivity contribution in [3.05, 3.63) is 79.3 Å². The number of ether oxygens (including phenoxy) is 1. The lowest BCUT2D eigenvalue weighted by molar-refractivity contribution is -0.111. The maximum Gasteiger partial charge on any atom is 0.247 e. The van der Waals surface area contributed by atoms with Crippen molar-refractivity contribution in [2.75, 3.05) is 22.6 Å². The van der Waals surface area contributed by atoms with Crippen LogP contribution in [0.4, 0.5) is 37.6 Å². The van der Waals surface area contributed by atoms with Gasteiger partial charge in [0.1, 0.15) is 23.2 Å². The average molecular weight is 492 g/mol. The Morgan fingerprint density at radius 3 is 2.69 bits per heavy atom. The van der Waals surface area contributed by atoms with Crippen LogP contribution in [0, 0.1) is 11.6 Å². The van der Waals surface area contributed by atoms with Crippen molar-refractivity contribution in [1.82, 2.24) is 19.7 Å². The third-order valence-corrected chi connectivity index (χ3v) is 4.92. The Bertz CT molecular complexity index is 1420. The summed E-state index contributed by atoms with van der Waals surface area (Å²) in [7, 11) is 1.77. The molecule has 0 unspecified atom stereocenters. The lowest BCUT2D eigenvalue weighted by atomic mass is 10.1. The van der Waals surface area contributed by atoms with E-state index in [0.717, 1.165) is 6.08 Å². The first-order valence-corrected chi connectivity index (χ1v) is 10.9. The van der Waals surface area contributed by atoms with Crippen LogP contribution < -0.4 is 20.7 Å². The smallest absolute Gasteiger partial charge is 0.247 e. The standard InChI is InChI=1S/C25H23F2N7O2/c1-4-23(35)30-17-6-7-21(27)22(11-17)32-24-20(15-8-16(26)10-19(9-15)36-5-2)13-28-25(33-24)31-18-12-29-34(3)14-18/h4,6-14H,1,5H2,2-3H3,(H,30,35)(H2,28,31,32,33). The molecular formula is C25H23F2N7O2. The largest absolute Gasteiger partial charge is 0.494 e. The summed E-state index contributed by atoms with van der Waals surface area (Å²) in [5.74, 6) is -0.826. The number of rotatable bonds is 9. The predicted molar refractivity (Wildman–Crippen MR) is 134 cm³/mol. The molecule has 0 atom stereocenters. The van der Waals surface area contributed by atoms with E-state index in [1.165, 1.54) is 36.5 Å². The molecule has 2 aromatic heterocycles. The van der Waals surface area contributed by atoms with Crippen molar-refractivity contribution in [3.63, 3.8) is 0 Å². The summed E-state index contributed by atoms with van der Waals surface area (Å²) in [6.07, 6.45) is 5.92. The van der Waals surface area contributed by atoms with Crippen LogP contribution in [-0.4, -0.2) is 32.3 Å². The Kier molecular flexibility index (Phi) is 7.19.